The lowest BCUT2D eigenvalue weighted by Gasteiger charge is -2.09. The van der Waals surface area contributed by atoms with Crippen molar-refractivity contribution < 1.29 is 4.74 Å². The van der Waals surface area contributed by atoms with Gasteiger partial charge in [-0.25, -0.2) is 0 Å². The molecule has 2 N–H and O–H groups in total. The monoisotopic (exact) mass is 178 g/mol. The predicted octanol–water partition coefficient (Wildman–Crippen LogP) is 1.77. The van der Waals surface area contributed by atoms with E-state index < -0.39 is 0 Å². The first-order valence-corrected chi connectivity index (χ1v) is 4.71. The largest absolute Gasteiger partial charge is 0.488 e. The van der Waals surface area contributed by atoms with Crippen LogP contribution in [0.2, 0.25) is 0 Å². The molecule has 1 fully saturated rings. The minimum Gasteiger partial charge on any atom is -0.488 e. The number of aromatic nitrogens is 1. The van der Waals surface area contributed by atoms with E-state index >= 15 is 0 Å². The summed E-state index contributed by atoms with van der Waals surface area (Å²) in [4.78, 5) is 4.18. The van der Waals surface area contributed by atoms with Crippen molar-refractivity contribution in [2.24, 2.45) is 0 Å². The number of nitrogens with zero attached hydrogens (tertiary/aromatic N) is 1. The molecule has 0 unspecified atom stereocenters. The highest BCUT2D eigenvalue weighted by Crippen LogP contribution is 2.31. The Morgan fingerprint density at radius 3 is 3.00 bits per heavy atom. The average molecular weight is 178 g/mol. The number of pyridine rings is 1. The van der Waals surface area contributed by atoms with E-state index in [1.165, 1.54) is 0 Å². The molecular weight excluding hydrogens is 164 g/mol. The second kappa shape index (κ2) is 3.24. The Morgan fingerprint density at radius 1 is 1.62 bits per heavy atom. The molecule has 1 aliphatic rings. The van der Waals surface area contributed by atoms with E-state index in [1.807, 2.05) is 13.0 Å². The summed E-state index contributed by atoms with van der Waals surface area (Å²) in [6.45, 7) is 2.04. The van der Waals surface area contributed by atoms with Gasteiger partial charge in [0.05, 0.1) is 17.5 Å². The van der Waals surface area contributed by atoms with Crippen LogP contribution in [0.3, 0.4) is 0 Å². The third-order valence-electron chi connectivity index (χ3n) is 2.19. The van der Waals surface area contributed by atoms with Crippen molar-refractivity contribution in [3.63, 3.8) is 0 Å². The summed E-state index contributed by atoms with van der Waals surface area (Å²) >= 11 is 0. The van der Waals surface area contributed by atoms with Crippen molar-refractivity contribution in [2.45, 2.75) is 32.3 Å². The third-order valence-corrected chi connectivity index (χ3v) is 2.19. The van der Waals surface area contributed by atoms with Gasteiger partial charge in [0, 0.05) is 12.3 Å². The number of rotatable bonds is 3. The summed E-state index contributed by atoms with van der Waals surface area (Å²) in [7, 11) is 0. The van der Waals surface area contributed by atoms with Crippen molar-refractivity contribution >= 4 is 5.69 Å². The molecule has 1 aromatic heterocycles. The second-order valence-corrected chi connectivity index (χ2v) is 3.34. The summed E-state index contributed by atoms with van der Waals surface area (Å²) in [6, 6.07) is 1.84. The van der Waals surface area contributed by atoms with Gasteiger partial charge in [0.15, 0.2) is 0 Å². The molecule has 0 radical (unpaired) electrons. The Labute approximate surface area is 77.9 Å². The third kappa shape index (κ3) is 1.74. The van der Waals surface area contributed by atoms with Crippen molar-refractivity contribution in [1.82, 2.24) is 4.98 Å². The maximum atomic E-state index is 5.88. The Morgan fingerprint density at radius 2 is 2.38 bits per heavy atom. The molecule has 1 saturated carbocycles. The highest BCUT2D eigenvalue weighted by molar-refractivity contribution is 5.55. The van der Waals surface area contributed by atoms with Crippen molar-refractivity contribution in [3.05, 3.63) is 18.0 Å². The molecule has 2 rings (SSSR count). The molecule has 0 spiro atoms. The topological polar surface area (TPSA) is 48.1 Å². The van der Waals surface area contributed by atoms with E-state index in [1.54, 1.807) is 6.20 Å². The van der Waals surface area contributed by atoms with Gasteiger partial charge in [0.2, 0.25) is 0 Å². The SMILES string of the molecule is CCc1nccc(OC2CC2)c1N. The molecule has 0 saturated heterocycles. The fourth-order valence-electron chi connectivity index (χ4n) is 1.25. The number of hydrogen-bond acceptors (Lipinski definition) is 3. The Balaban J connectivity index is 2.22. The van der Waals surface area contributed by atoms with Gasteiger partial charge in [-0.15, -0.1) is 0 Å². The van der Waals surface area contributed by atoms with E-state index in [2.05, 4.69) is 4.98 Å². The fraction of sp³-hybridized carbons (Fsp3) is 0.500. The van der Waals surface area contributed by atoms with Gasteiger partial charge < -0.3 is 10.5 Å². The van der Waals surface area contributed by atoms with E-state index in [-0.39, 0.29) is 0 Å². The molecule has 1 heterocycles. The molecule has 0 aliphatic heterocycles. The zero-order chi connectivity index (χ0) is 9.26. The van der Waals surface area contributed by atoms with Crippen LogP contribution in [0.1, 0.15) is 25.5 Å². The molecular formula is C10H14N2O. The summed E-state index contributed by atoms with van der Waals surface area (Å²) in [6.07, 6.45) is 5.32. The van der Waals surface area contributed by atoms with Crippen LogP contribution in [0.25, 0.3) is 0 Å². The van der Waals surface area contributed by atoms with Crippen molar-refractivity contribution in [3.8, 4) is 5.75 Å². The summed E-state index contributed by atoms with van der Waals surface area (Å²) < 4.78 is 5.63. The van der Waals surface area contributed by atoms with Crippen LogP contribution in [-0.4, -0.2) is 11.1 Å². The van der Waals surface area contributed by atoms with Crippen LogP contribution >= 0.6 is 0 Å². The van der Waals surface area contributed by atoms with E-state index in [4.69, 9.17) is 10.5 Å². The van der Waals surface area contributed by atoms with Crippen LogP contribution in [0.4, 0.5) is 5.69 Å². The van der Waals surface area contributed by atoms with Gasteiger partial charge in [-0.3, -0.25) is 4.98 Å². The lowest BCUT2D eigenvalue weighted by atomic mass is 10.2. The number of nitrogens with two attached hydrogens (primary N) is 1. The molecule has 0 amide bonds. The lowest BCUT2D eigenvalue weighted by Crippen LogP contribution is -2.03. The first kappa shape index (κ1) is 8.35. The first-order chi connectivity index (χ1) is 6.31. The zero-order valence-corrected chi connectivity index (χ0v) is 7.79. The van der Waals surface area contributed by atoms with Gasteiger partial charge in [-0.2, -0.15) is 0 Å². The summed E-state index contributed by atoms with van der Waals surface area (Å²) in [5.41, 5.74) is 7.52. The van der Waals surface area contributed by atoms with Crippen molar-refractivity contribution in [2.75, 3.05) is 5.73 Å². The Bertz CT molecular complexity index is 308. The van der Waals surface area contributed by atoms with Gasteiger partial charge in [0.1, 0.15) is 5.75 Å². The summed E-state index contributed by atoms with van der Waals surface area (Å²) in [5, 5.41) is 0. The van der Waals surface area contributed by atoms with E-state index in [0.29, 0.717) is 11.8 Å². The standard InChI is InChI=1S/C10H14N2O/c1-2-8-10(11)9(5-6-12-8)13-7-3-4-7/h5-7H,2-4,11H2,1H3. The molecule has 3 heteroatoms. The van der Waals surface area contributed by atoms with E-state index in [9.17, 15) is 0 Å². The lowest BCUT2D eigenvalue weighted by molar-refractivity contribution is 0.304. The van der Waals surface area contributed by atoms with Crippen LogP contribution in [0, 0.1) is 0 Å². The highest BCUT2D eigenvalue weighted by Gasteiger charge is 2.24. The maximum absolute atomic E-state index is 5.88. The fourth-order valence-corrected chi connectivity index (χ4v) is 1.25. The predicted molar refractivity (Wildman–Crippen MR) is 51.7 cm³/mol. The van der Waals surface area contributed by atoms with E-state index in [0.717, 1.165) is 30.7 Å². The maximum Gasteiger partial charge on any atom is 0.146 e. The molecule has 0 bridgehead atoms. The summed E-state index contributed by atoms with van der Waals surface area (Å²) in [5.74, 6) is 0.800. The van der Waals surface area contributed by atoms with Crippen LogP contribution in [-0.2, 0) is 6.42 Å². The number of aryl methyl sites for hydroxylation is 1. The van der Waals surface area contributed by atoms with Gasteiger partial charge in [-0.1, -0.05) is 6.92 Å². The molecule has 3 nitrogen and oxygen atoms in total. The molecule has 13 heavy (non-hydrogen) atoms. The Hall–Kier alpha value is -1.25. The number of nitrogen functional groups attached to an aromatic ring is 1. The average Bonchev–Trinajstić information content (AvgIpc) is 2.92. The number of hydrogen-bond donors (Lipinski definition) is 1. The molecule has 1 aliphatic carbocycles. The normalized spacial score (nSPS) is 15.8. The quantitative estimate of drug-likeness (QED) is 0.767. The van der Waals surface area contributed by atoms with Crippen molar-refractivity contribution in [1.29, 1.82) is 0 Å². The van der Waals surface area contributed by atoms with Gasteiger partial charge in [0.25, 0.3) is 0 Å². The molecule has 70 valence electrons. The van der Waals surface area contributed by atoms with Crippen LogP contribution in [0.5, 0.6) is 5.75 Å². The highest BCUT2D eigenvalue weighted by atomic mass is 16.5. The van der Waals surface area contributed by atoms with Gasteiger partial charge in [-0.05, 0) is 19.3 Å². The minimum atomic E-state index is 0.398. The first-order valence-electron chi connectivity index (χ1n) is 4.71. The molecule has 1 aromatic rings. The minimum absolute atomic E-state index is 0.398. The smallest absolute Gasteiger partial charge is 0.146 e. The van der Waals surface area contributed by atoms with Gasteiger partial charge >= 0.3 is 0 Å². The number of anilines is 1. The zero-order valence-electron chi connectivity index (χ0n) is 7.79. The number of ether oxygens (including phenoxy) is 1. The van der Waals surface area contributed by atoms with Crippen LogP contribution in [0.15, 0.2) is 12.3 Å². The Kier molecular flexibility index (Phi) is 2.08. The second-order valence-electron chi connectivity index (χ2n) is 3.34. The van der Waals surface area contributed by atoms with Crippen LogP contribution < -0.4 is 10.5 Å². The molecule has 0 aromatic carbocycles. The molecule has 0 atom stereocenters.